The summed E-state index contributed by atoms with van der Waals surface area (Å²) in [7, 11) is -3.75. The normalized spacial score (nSPS) is 11.4. The van der Waals surface area contributed by atoms with E-state index in [-0.39, 0.29) is 9.92 Å². The Kier molecular flexibility index (Phi) is 4.51. The van der Waals surface area contributed by atoms with E-state index >= 15 is 0 Å². The van der Waals surface area contributed by atoms with Crippen LogP contribution in [0.25, 0.3) is 0 Å². The van der Waals surface area contributed by atoms with E-state index in [1.807, 2.05) is 6.92 Å². The molecule has 2 aromatic carbocycles. The second-order valence-electron chi connectivity index (χ2n) is 4.62. The molecule has 0 heterocycles. The fourth-order valence-electron chi connectivity index (χ4n) is 1.82. The van der Waals surface area contributed by atoms with Crippen molar-refractivity contribution in [1.29, 1.82) is 0 Å². The van der Waals surface area contributed by atoms with Crippen LogP contribution in [0.1, 0.15) is 11.1 Å². The topological polar surface area (TPSA) is 72.2 Å². The van der Waals surface area contributed by atoms with E-state index in [2.05, 4.69) is 5.32 Å². The second-order valence-corrected chi connectivity index (χ2v) is 6.59. The van der Waals surface area contributed by atoms with E-state index < -0.39 is 15.8 Å². The van der Waals surface area contributed by atoms with Crippen LogP contribution in [0.2, 0.25) is 5.02 Å². The molecule has 0 atom stereocenters. The highest BCUT2D eigenvalue weighted by Gasteiger charge is 2.10. The molecule has 0 aromatic heterocycles. The average Bonchev–Trinajstić information content (AvgIpc) is 2.40. The van der Waals surface area contributed by atoms with E-state index in [1.54, 1.807) is 12.1 Å². The van der Waals surface area contributed by atoms with Gasteiger partial charge in [-0.2, -0.15) is 0 Å². The number of hydrogen-bond donors (Lipinski definition) is 2. The van der Waals surface area contributed by atoms with E-state index in [9.17, 15) is 12.8 Å². The molecular formula is C14H14ClFN2O2S. The maximum absolute atomic E-state index is 13.1. The molecule has 2 aromatic rings. The van der Waals surface area contributed by atoms with E-state index in [1.165, 1.54) is 24.3 Å². The van der Waals surface area contributed by atoms with Crippen LogP contribution >= 0.6 is 11.6 Å². The highest BCUT2D eigenvalue weighted by Crippen LogP contribution is 2.21. The largest absolute Gasteiger partial charge is 0.381 e. The summed E-state index contributed by atoms with van der Waals surface area (Å²) in [5.41, 5.74) is 2.29. The summed E-state index contributed by atoms with van der Waals surface area (Å²) >= 11 is 5.71. The Bertz CT molecular complexity index is 779. The van der Waals surface area contributed by atoms with Crippen LogP contribution in [0.5, 0.6) is 0 Å². The molecule has 21 heavy (non-hydrogen) atoms. The summed E-state index contributed by atoms with van der Waals surface area (Å²) in [6.07, 6.45) is 0. The maximum atomic E-state index is 13.1. The van der Waals surface area contributed by atoms with E-state index in [4.69, 9.17) is 16.7 Å². The standard InChI is InChI=1S/C14H14ClFN2O2S/c1-9-2-4-11(21(17,19)20)7-14(9)18-8-10-3-5-13(16)12(15)6-10/h2-7,18H,8H2,1H3,(H2,17,19,20). The van der Waals surface area contributed by atoms with Gasteiger partial charge in [-0.1, -0.05) is 23.7 Å². The zero-order chi connectivity index (χ0) is 15.6. The van der Waals surface area contributed by atoms with Crippen LogP contribution in [0, 0.1) is 12.7 Å². The fraction of sp³-hybridized carbons (Fsp3) is 0.143. The number of primary sulfonamides is 1. The van der Waals surface area contributed by atoms with Gasteiger partial charge in [-0.15, -0.1) is 0 Å². The highest BCUT2D eigenvalue weighted by atomic mass is 35.5. The lowest BCUT2D eigenvalue weighted by atomic mass is 10.1. The van der Waals surface area contributed by atoms with Gasteiger partial charge in [0.25, 0.3) is 0 Å². The van der Waals surface area contributed by atoms with E-state index in [0.29, 0.717) is 12.2 Å². The lowest BCUT2D eigenvalue weighted by Crippen LogP contribution is -2.13. The lowest BCUT2D eigenvalue weighted by molar-refractivity contribution is 0.598. The molecule has 0 aliphatic rings. The molecule has 0 saturated carbocycles. The number of benzene rings is 2. The Hall–Kier alpha value is -1.63. The Labute approximate surface area is 127 Å². The predicted octanol–water partition coefficient (Wildman–Crippen LogP) is 3.05. The summed E-state index contributed by atoms with van der Waals surface area (Å²) < 4.78 is 35.8. The van der Waals surface area contributed by atoms with Gasteiger partial charge >= 0.3 is 0 Å². The molecule has 0 saturated heterocycles. The molecule has 7 heteroatoms. The fourth-order valence-corrected chi connectivity index (χ4v) is 2.56. The van der Waals surface area contributed by atoms with Crippen molar-refractivity contribution in [3.63, 3.8) is 0 Å². The molecule has 0 spiro atoms. The van der Waals surface area contributed by atoms with Crippen LogP contribution in [0.4, 0.5) is 10.1 Å². The maximum Gasteiger partial charge on any atom is 0.238 e. The monoisotopic (exact) mass is 328 g/mol. The van der Waals surface area contributed by atoms with Crippen LogP contribution < -0.4 is 10.5 Å². The van der Waals surface area contributed by atoms with Crippen molar-refractivity contribution in [3.8, 4) is 0 Å². The van der Waals surface area contributed by atoms with Gasteiger partial charge in [0.05, 0.1) is 9.92 Å². The number of nitrogens with one attached hydrogen (secondary N) is 1. The van der Waals surface area contributed by atoms with Crippen LogP contribution in [0.3, 0.4) is 0 Å². The Morgan fingerprint density at radius 2 is 1.95 bits per heavy atom. The van der Waals surface area contributed by atoms with Crippen molar-refractivity contribution in [3.05, 3.63) is 58.4 Å². The Morgan fingerprint density at radius 3 is 2.57 bits per heavy atom. The van der Waals surface area contributed by atoms with Gasteiger partial charge in [0.15, 0.2) is 0 Å². The summed E-state index contributed by atoms with van der Waals surface area (Å²) in [4.78, 5) is 0.0349. The first-order valence-electron chi connectivity index (χ1n) is 6.08. The van der Waals surface area contributed by atoms with Gasteiger partial charge in [-0.25, -0.2) is 17.9 Å². The van der Waals surface area contributed by atoms with Crippen molar-refractivity contribution in [2.75, 3.05) is 5.32 Å². The lowest BCUT2D eigenvalue weighted by Gasteiger charge is -2.11. The first kappa shape index (κ1) is 15.8. The first-order valence-corrected chi connectivity index (χ1v) is 8.01. The molecule has 0 bridgehead atoms. The number of sulfonamides is 1. The number of rotatable bonds is 4. The summed E-state index contributed by atoms with van der Waals surface area (Å²) in [6.45, 7) is 2.22. The third-order valence-corrected chi connectivity index (χ3v) is 4.21. The van der Waals surface area contributed by atoms with Gasteiger partial charge in [0, 0.05) is 12.2 Å². The zero-order valence-corrected chi connectivity index (χ0v) is 12.8. The number of anilines is 1. The molecule has 0 aliphatic heterocycles. The van der Waals surface area contributed by atoms with Crippen molar-refractivity contribution < 1.29 is 12.8 Å². The molecular weight excluding hydrogens is 315 g/mol. The average molecular weight is 329 g/mol. The quantitative estimate of drug-likeness (QED) is 0.906. The van der Waals surface area contributed by atoms with Gasteiger partial charge < -0.3 is 5.32 Å². The molecule has 3 N–H and O–H groups in total. The summed E-state index contributed by atoms with van der Waals surface area (Å²) in [5.74, 6) is -0.479. The molecule has 2 rings (SSSR count). The number of nitrogens with two attached hydrogens (primary N) is 1. The molecule has 0 amide bonds. The van der Waals surface area contributed by atoms with E-state index in [0.717, 1.165) is 11.1 Å². The molecule has 112 valence electrons. The molecule has 0 fully saturated rings. The molecule has 0 radical (unpaired) electrons. The van der Waals surface area contributed by atoms with Crippen molar-refractivity contribution in [1.82, 2.24) is 0 Å². The highest BCUT2D eigenvalue weighted by molar-refractivity contribution is 7.89. The van der Waals surface area contributed by atoms with Crippen LogP contribution in [0.15, 0.2) is 41.3 Å². The van der Waals surface area contributed by atoms with Crippen LogP contribution in [-0.4, -0.2) is 8.42 Å². The third-order valence-electron chi connectivity index (χ3n) is 3.00. The van der Waals surface area contributed by atoms with Gasteiger partial charge in [-0.3, -0.25) is 0 Å². The predicted molar refractivity (Wildman–Crippen MR) is 81.3 cm³/mol. The Balaban J connectivity index is 2.21. The minimum atomic E-state index is -3.75. The minimum Gasteiger partial charge on any atom is -0.381 e. The SMILES string of the molecule is Cc1ccc(S(N)(=O)=O)cc1NCc1ccc(F)c(Cl)c1. The molecule has 0 aliphatic carbocycles. The number of aryl methyl sites for hydroxylation is 1. The van der Waals surface area contributed by atoms with Gasteiger partial charge in [-0.05, 0) is 42.3 Å². The van der Waals surface area contributed by atoms with Gasteiger partial charge in [0.2, 0.25) is 10.0 Å². The summed E-state index contributed by atoms with van der Waals surface area (Å²) in [6, 6.07) is 8.99. The third kappa shape index (κ3) is 3.93. The number of hydrogen-bond acceptors (Lipinski definition) is 3. The van der Waals surface area contributed by atoms with Crippen LogP contribution in [-0.2, 0) is 16.6 Å². The number of halogens is 2. The van der Waals surface area contributed by atoms with Crippen molar-refractivity contribution >= 4 is 27.3 Å². The van der Waals surface area contributed by atoms with Crippen molar-refractivity contribution in [2.24, 2.45) is 5.14 Å². The first-order chi connectivity index (χ1) is 9.77. The zero-order valence-electron chi connectivity index (χ0n) is 11.2. The summed E-state index contributed by atoms with van der Waals surface area (Å²) in [5, 5.41) is 8.24. The minimum absolute atomic E-state index is 0.0349. The second kappa shape index (κ2) is 6.01. The molecule has 4 nitrogen and oxygen atoms in total. The van der Waals surface area contributed by atoms with Crippen molar-refractivity contribution in [2.45, 2.75) is 18.4 Å². The molecule has 0 unspecified atom stereocenters. The van der Waals surface area contributed by atoms with Gasteiger partial charge in [0.1, 0.15) is 5.82 Å². The Morgan fingerprint density at radius 1 is 1.24 bits per heavy atom. The smallest absolute Gasteiger partial charge is 0.238 e.